The molecular weight excluding hydrogens is 534 g/mol. The van der Waals surface area contributed by atoms with Crippen molar-refractivity contribution in [3.63, 3.8) is 0 Å². The molecule has 1 aliphatic rings. The van der Waals surface area contributed by atoms with Gasteiger partial charge in [-0.25, -0.2) is 9.97 Å². The first-order valence-corrected chi connectivity index (χ1v) is 15.2. The highest BCUT2D eigenvalue weighted by molar-refractivity contribution is 6.25. The molecule has 0 saturated carbocycles. The van der Waals surface area contributed by atoms with Crippen molar-refractivity contribution < 1.29 is 0 Å². The van der Waals surface area contributed by atoms with Crippen LogP contribution in [0.3, 0.4) is 0 Å². The summed E-state index contributed by atoms with van der Waals surface area (Å²) in [6.45, 7) is 4.75. The molecule has 0 unspecified atom stereocenters. The average Bonchev–Trinajstić information content (AvgIpc) is 3.55. The molecule has 0 amide bonds. The van der Waals surface area contributed by atoms with E-state index in [4.69, 9.17) is 9.97 Å². The van der Waals surface area contributed by atoms with E-state index in [2.05, 4.69) is 146 Å². The summed E-state index contributed by atoms with van der Waals surface area (Å²) in [5, 5.41) is 4.98. The van der Waals surface area contributed by atoms with Crippen molar-refractivity contribution in [3.8, 4) is 39.6 Å². The molecule has 3 nitrogen and oxygen atoms in total. The van der Waals surface area contributed by atoms with Crippen LogP contribution in [0.4, 0.5) is 0 Å². The highest BCUT2D eigenvalue weighted by Crippen LogP contribution is 2.56. The Hall–Kier alpha value is -5.54. The lowest BCUT2D eigenvalue weighted by atomic mass is 9.79. The molecule has 0 aliphatic heterocycles. The van der Waals surface area contributed by atoms with Gasteiger partial charge in [-0.3, -0.25) is 4.57 Å². The maximum Gasteiger partial charge on any atom is 0.235 e. The molecule has 6 aromatic carbocycles. The number of fused-ring (bicyclic) bond motifs is 10. The van der Waals surface area contributed by atoms with Crippen LogP contribution in [-0.4, -0.2) is 14.5 Å². The minimum Gasteiger partial charge on any atom is -0.277 e. The Morgan fingerprint density at radius 1 is 0.545 bits per heavy atom. The maximum absolute atomic E-state index is 5.30. The molecule has 0 bridgehead atoms. The second-order valence-electron chi connectivity index (χ2n) is 12.2. The fourth-order valence-corrected chi connectivity index (χ4v) is 7.46. The molecule has 9 rings (SSSR count). The fraction of sp³-hybridized carbons (Fsp3) is 0.0732. The van der Waals surface area contributed by atoms with Crippen LogP contribution < -0.4 is 0 Å². The van der Waals surface area contributed by atoms with Gasteiger partial charge in [-0.05, 0) is 39.8 Å². The quantitative estimate of drug-likeness (QED) is 0.214. The van der Waals surface area contributed by atoms with Gasteiger partial charge in [-0.15, -0.1) is 0 Å². The molecule has 3 heteroatoms. The van der Waals surface area contributed by atoms with E-state index in [0.29, 0.717) is 5.95 Å². The molecule has 1 aliphatic carbocycles. The molecule has 8 aromatic rings. The summed E-state index contributed by atoms with van der Waals surface area (Å²) in [5.41, 5.74) is 11.5. The van der Waals surface area contributed by atoms with Gasteiger partial charge in [0.1, 0.15) is 0 Å². The summed E-state index contributed by atoms with van der Waals surface area (Å²) >= 11 is 0. The molecule has 0 radical (unpaired) electrons. The number of rotatable bonds is 3. The molecular formula is C41H29N3. The molecule has 44 heavy (non-hydrogen) atoms. The van der Waals surface area contributed by atoms with E-state index in [1.807, 2.05) is 12.1 Å². The van der Waals surface area contributed by atoms with Gasteiger partial charge in [0, 0.05) is 32.7 Å². The normalized spacial score (nSPS) is 13.4. The van der Waals surface area contributed by atoms with Gasteiger partial charge < -0.3 is 0 Å². The Morgan fingerprint density at radius 3 is 1.77 bits per heavy atom. The van der Waals surface area contributed by atoms with Crippen LogP contribution in [0.1, 0.15) is 25.0 Å². The minimum absolute atomic E-state index is 0.175. The second kappa shape index (κ2) is 9.23. The van der Waals surface area contributed by atoms with Crippen LogP contribution in [0.25, 0.3) is 72.2 Å². The lowest BCUT2D eigenvalue weighted by Gasteiger charge is -2.23. The van der Waals surface area contributed by atoms with Crippen molar-refractivity contribution in [2.24, 2.45) is 0 Å². The zero-order valence-electron chi connectivity index (χ0n) is 24.6. The van der Waals surface area contributed by atoms with Crippen LogP contribution in [0.15, 0.2) is 140 Å². The number of benzene rings is 6. The fourth-order valence-electron chi connectivity index (χ4n) is 7.46. The third-order valence-corrected chi connectivity index (χ3v) is 9.37. The van der Waals surface area contributed by atoms with Gasteiger partial charge in [-0.2, -0.15) is 0 Å². The largest absolute Gasteiger partial charge is 0.277 e. The topological polar surface area (TPSA) is 30.7 Å². The molecule has 208 valence electrons. The lowest BCUT2D eigenvalue weighted by molar-refractivity contribution is 0.667. The zero-order valence-corrected chi connectivity index (χ0v) is 24.6. The van der Waals surface area contributed by atoms with Crippen molar-refractivity contribution in [2.45, 2.75) is 19.3 Å². The Morgan fingerprint density at radius 2 is 1.09 bits per heavy atom. The van der Waals surface area contributed by atoms with Gasteiger partial charge in [0.15, 0.2) is 0 Å². The molecule has 0 N–H and O–H groups in total. The molecule has 0 fully saturated rings. The smallest absolute Gasteiger partial charge is 0.235 e. The van der Waals surface area contributed by atoms with Crippen molar-refractivity contribution in [1.29, 1.82) is 0 Å². The Bertz CT molecular complexity index is 2340. The average molecular weight is 564 g/mol. The Labute approximate surface area is 256 Å². The summed E-state index contributed by atoms with van der Waals surface area (Å²) in [4.78, 5) is 10.6. The maximum atomic E-state index is 5.30. The molecule has 0 spiro atoms. The van der Waals surface area contributed by atoms with E-state index >= 15 is 0 Å². The summed E-state index contributed by atoms with van der Waals surface area (Å²) in [5.74, 6) is 0.676. The molecule has 0 atom stereocenters. The van der Waals surface area contributed by atoms with Crippen molar-refractivity contribution in [1.82, 2.24) is 14.5 Å². The minimum atomic E-state index is -0.175. The highest BCUT2D eigenvalue weighted by Gasteiger charge is 2.39. The van der Waals surface area contributed by atoms with Crippen LogP contribution in [0.5, 0.6) is 0 Å². The highest BCUT2D eigenvalue weighted by atomic mass is 15.2. The standard InChI is InChI=1S/C41H29N3/c1-41(2)32-23-13-11-21-30(32)36-28-19-9-10-20-29(28)39-37(38(36)41)31-22-12-14-24-35(31)44(39)40-42-33(26-15-5-3-6-16-26)25-34(43-40)27-17-7-4-8-18-27/h3-25H,1-2H3. The zero-order chi connectivity index (χ0) is 29.4. The number of nitrogens with zero attached hydrogens (tertiary/aromatic N) is 3. The van der Waals surface area contributed by atoms with E-state index in [0.717, 1.165) is 33.5 Å². The summed E-state index contributed by atoms with van der Waals surface area (Å²) in [6.07, 6.45) is 0. The van der Waals surface area contributed by atoms with Crippen LogP contribution >= 0.6 is 0 Å². The number of para-hydroxylation sites is 1. The predicted octanol–water partition coefficient (Wildman–Crippen LogP) is 10.4. The van der Waals surface area contributed by atoms with Crippen molar-refractivity contribution in [3.05, 3.63) is 151 Å². The SMILES string of the molecule is CC1(C)c2ccccc2-c2c1c1c3ccccc3n(-c3nc(-c4ccccc4)cc(-c4ccccc4)n3)c1c1ccccc21. The first-order valence-electron chi connectivity index (χ1n) is 15.2. The van der Waals surface area contributed by atoms with E-state index in [1.165, 1.54) is 43.8 Å². The van der Waals surface area contributed by atoms with Crippen LogP contribution in [0.2, 0.25) is 0 Å². The van der Waals surface area contributed by atoms with Crippen LogP contribution in [-0.2, 0) is 5.41 Å². The van der Waals surface area contributed by atoms with Gasteiger partial charge in [0.05, 0.1) is 22.4 Å². The van der Waals surface area contributed by atoms with E-state index in [1.54, 1.807) is 0 Å². The summed E-state index contributed by atoms with van der Waals surface area (Å²) in [6, 6.07) is 49.5. The monoisotopic (exact) mass is 563 g/mol. The van der Waals surface area contributed by atoms with Gasteiger partial charge >= 0.3 is 0 Å². The molecule has 2 aromatic heterocycles. The first-order chi connectivity index (χ1) is 21.6. The third kappa shape index (κ3) is 3.44. The lowest BCUT2D eigenvalue weighted by Crippen LogP contribution is -2.15. The predicted molar refractivity (Wildman–Crippen MR) is 182 cm³/mol. The van der Waals surface area contributed by atoms with Gasteiger partial charge in [-0.1, -0.05) is 141 Å². The summed E-state index contributed by atoms with van der Waals surface area (Å²) in [7, 11) is 0. The Kier molecular flexibility index (Phi) is 5.24. The van der Waals surface area contributed by atoms with Crippen molar-refractivity contribution >= 4 is 32.6 Å². The number of hydrogen-bond acceptors (Lipinski definition) is 2. The third-order valence-electron chi connectivity index (χ3n) is 9.37. The van der Waals surface area contributed by atoms with E-state index in [9.17, 15) is 0 Å². The Balaban J connectivity index is 1.48. The van der Waals surface area contributed by atoms with Crippen molar-refractivity contribution in [2.75, 3.05) is 0 Å². The van der Waals surface area contributed by atoms with Gasteiger partial charge in [0.25, 0.3) is 0 Å². The second-order valence-corrected chi connectivity index (χ2v) is 12.2. The number of aromatic nitrogens is 3. The number of hydrogen-bond donors (Lipinski definition) is 0. The summed E-state index contributed by atoms with van der Waals surface area (Å²) < 4.78 is 2.31. The molecule has 2 heterocycles. The van der Waals surface area contributed by atoms with E-state index < -0.39 is 0 Å². The van der Waals surface area contributed by atoms with E-state index in [-0.39, 0.29) is 5.41 Å². The van der Waals surface area contributed by atoms with Gasteiger partial charge in [0.2, 0.25) is 5.95 Å². The first kappa shape index (κ1) is 25.0. The van der Waals surface area contributed by atoms with Crippen LogP contribution in [0, 0.1) is 0 Å². The molecule has 0 saturated heterocycles.